The molecule has 2 rings (SSSR count). The van der Waals surface area contributed by atoms with E-state index in [0.29, 0.717) is 18.6 Å². The van der Waals surface area contributed by atoms with Crippen LogP contribution < -0.4 is 28.6 Å². The van der Waals surface area contributed by atoms with Crippen molar-refractivity contribution in [2.24, 2.45) is 0 Å². The second-order valence-corrected chi connectivity index (χ2v) is 8.02. The molecule has 0 bridgehead atoms. The Labute approximate surface area is 143 Å². The number of ketones is 1. The fraction of sp³-hybridized carbons (Fsp3) is 0.625. The summed E-state index contributed by atoms with van der Waals surface area (Å²) in [7, 11) is -4.94. The largest absolute Gasteiger partial charge is 0.466 e. The standard InChI is InChI=1S/C16H24NO2.ClHO4/c1-11-7-13(8-12(2)19-11)17-15(3,4)9-14(18)10-16(17,5)6;2-1(3,4)5/h7-8H,9-10H2,1-6H3;(H,2,3,4,5)/q+1;/p-1. The molecule has 2 heterocycles. The summed E-state index contributed by atoms with van der Waals surface area (Å²) in [6.45, 7) is 12.5. The van der Waals surface area contributed by atoms with Crippen molar-refractivity contribution in [2.75, 3.05) is 0 Å². The van der Waals surface area contributed by atoms with Gasteiger partial charge in [0.15, 0.2) is 11.1 Å². The Hall–Kier alpha value is -1.25. The Morgan fingerprint density at radius 3 is 1.62 bits per heavy atom. The second kappa shape index (κ2) is 6.93. The van der Waals surface area contributed by atoms with Crippen LogP contribution in [0.25, 0.3) is 0 Å². The van der Waals surface area contributed by atoms with Crippen molar-refractivity contribution in [1.82, 2.24) is 4.58 Å². The molecule has 1 aromatic heterocycles. The van der Waals surface area contributed by atoms with Gasteiger partial charge in [0.25, 0.3) is 0 Å². The molecule has 8 heteroatoms. The van der Waals surface area contributed by atoms with Gasteiger partial charge >= 0.3 is 0 Å². The zero-order chi connectivity index (χ0) is 18.9. The maximum absolute atomic E-state index is 12.0. The summed E-state index contributed by atoms with van der Waals surface area (Å²) in [5, 5.41) is 1.14. The molecule has 24 heavy (non-hydrogen) atoms. The molecule has 0 atom stereocenters. The van der Waals surface area contributed by atoms with Crippen molar-refractivity contribution >= 4 is 5.78 Å². The van der Waals surface area contributed by atoms with Gasteiger partial charge in [0.2, 0.25) is 5.36 Å². The van der Waals surface area contributed by atoms with Gasteiger partial charge in [-0.15, -0.1) is 10.2 Å². The lowest BCUT2D eigenvalue weighted by atomic mass is 9.80. The minimum absolute atomic E-state index is 0.168. The van der Waals surface area contributed by atoms with Crippen LogP contribution in [0.5, 0.6) is 0 Å². The Morgan fingerprint density at radius 1 is 0.958 bits per heavy atom. The lowest BCUT2D eigenvalue weighted by molar-refractivity contribution is -2.00. The minimum Gasteiger partial charge on any atom is -0.466 e. The van der Waals surface area contributed by atoms with E-state index in [4.69, 9.17) is 23.1 Å². The molecule has 0 radical (unpaired) electrons. The molecule has 0 aromatic carbocycles. The Morgan fingerprint density at radius 2 is 1.29 bits per heavy atom. The van der Waals surface area contributed by atoms with Gasteiger partial charge in [0, 0.05) is 39.8 Å². The number of rotatable bonds is 0. The third-order valence-electron chi connectivity index (χ3n) is 3.75. The number of carbonyl (C=O) groups is 1. The van der Waals surface area contributed by atoms with Crippen LogP contribution in [0.15, 0.2) is 16.5 Å². The van der Waals surface area contributed by atoms with Crippen molar-refractivity contribution in [3.63, 3.8) is 0 Å². The van der Waals surface area contributed by atoms with Crippen LogP contribution in [-0.4, -0.2) is 16.9 Å². The van der Waals surface area contributed by atoms with Gasteiger partial charge in [-0.25, -0.2) is 23.2 Å². The molecule has 0 N–H and O–H groups in total. The topological polar surface area (TPSA) is 125 Å². The molecule has 7 nitrogen and oxygen atoms in total. The quantitative estimate of drug-likeness (QED) is 0.484. The van der Waals surface area contributed by atoms with E-state index in [-0.39, 0.29) is 11.1 Å². The summed E-state index contributed by atoms with van der Waals surface area (Å²) in [5.74, 6) is 2.15. The molecule has 1 saturated heterocycles. The summed E-state index contributed by atoms with van der Waals surface area (Å²) in [5.41, 5.74) is -0.335. The minimum atomic E-state index is -4.94. The maximum atomic E-state index is 12.0. The van der Waals surface area contributed by atoms with Gasteiger partial charge in [0.1, 0.15) is 17.3 Å². The van der Waals surface area contributed by atoms with Crippen LogP contribution in [-0.2, 0) is 4.79 Å². The van der Waals surface area contributed by atoms with E-state index >= 15 is 0 Å². The Kier molecular flexibility index (Phi) is 6.01. The SMILES string of the molecule is Cc1cc(=[N+]2C(C)(C)CC(=O)CC2(C)C)cc(C)o1.[O-][Cl+3]([O-])([O-])[O-]. The first kappa shape index (κ1) is 20.8. The average molecular weight is 362 g/mol. The molecular formula is C16H24ClNO6. The normalized spacial score (nSPS) is 19.6. The third-order valence-corrected chi connectivity index (χ3v) is 3.75. The van der Waals surface area contributed by atoms with Gasteiger partial charge in [-0.3, -0.25) is 4.79 Å². The molecule has 1 aromatic rings. The van der Waals surface area contributed by atoms with E-state index in [1.165, 1.54) is 0 Å². The molecule has 0 amide bonds. The summed E-state index contributed by atoms with van der Waals surface area (Å²) >= 11 is 0. The van der Waals surface area contributed by atoms with Crippen LogP contribution in [0.2, 0.25) is 0 Å². The number of hydrogen-bond acceptors (Lipinski definition) is 6. The van der Waals surface area contributed by atoms with Crippen LogP contribution in [0.1, 0.15) is 52.1 Å². The second-order valence-electron chi connectivity index (χ2n) is 7.27. The molecule has 136 valence electrons. The van der Waals surface area contributed by atoms with Crippen LogP contribution in [0.3, 0.4) is 0 Å². The molecule has 0 unspecified atom stereocenters. The van der Waals surface area contributed by atoms with Crippen LogP contribution >= 0.6 is 0 Å². The zero-order valence-corrected chi connectivity index (χ0v) is 15.6. The molecule has 1 fully saturated rings. The first-order valence-electron chi connectivity index (χ1n) is 7.47. The molecule has 1 aliphatic rings. The predicted octanol–water partition coefficient (Wildman–Crippen LogP) is -2.17. The molecule has 1 aliphatic heterocycles. The van der Waals surface area contributed by atoms with Crippen molar-refractivity contribution < 1.29 is 38.1 Å². The summed E-state index contributed by atoms with van der Waals surface area (Å²) in [6, 6.07) is 4.12. The zero-order valence-electron chi connectivity index (χ0n) is 14.8. The molecule has 0 spiro atoms. The fourth-order valence-electron chi connectivity index (χ4n) is 3.60. The summed E-state index contributed by atoms with van der Waals surface area (Å²) in [6.07, 6.45) is 1.20. The Bertz CT molecular complexity index is 633. The molecule has 0 saturated carbocycles. The summed E-state index contributed by atoms with van der Waals surface area (Å²) in [4.78, 5) is 12.0. The van der Waals surface area contributed by atoms with Gasteiger partial charge in [-0.05, 0) is 13.8 Å². The van der Waals surface area contributed by atoms with E-state index in [1.54, 1.807) is 0 Å². The number of piperidine rings is 1. The highest BCUT2D eigenvalue weighted by Gasteiger charge is 2.49. The summed E-state index contributed by atoms with van der Waals surface area (Å²) < 4.78 is 41.9. The lowest BCUT2D eigenvalue weighted by Gasteiger charge is -2.37. The maximum Gasteiger partial charge on any atom is 0.207 e. The highest BCUT2D eigenvalue weighted by molar-refractivity contribution is 5.81. The van der Waals surface area contributed by atoms with E-state index in [9.17, 15) is 4.79 Å². The average Bonchev–Trinajstić information content (AvgIpc) is 2.19. The highest BCUT2D eigenvalue weighted by atomic mass is 35.7. The van der Waals surface area contributed by atoms with Gasteiger partial charge < -0.3 is 4.42 Å². The first-order valence-corrected chi connectivity index (χ1v) is 8.70. The lowest BCUT2D eigenvalue weighted by Crippen LogP contribution is -2.68. The van der Waals surface area contributed by atoms with Gasteiger partial charge in [-0.1, -0.05) is 0 Å². The molecule has 0 aliphatic carbocycles. The molecular weight excluding hydrogens is 338 g/mol. The smallest absolute Gasteiger partial charge is 0.207 e. The number of halogens is 1. The van der Waals surface area contributed by atoms with E-state index in [1.807, 2.05) is 13.8 Å². The highest BCUT2D eigenvalue weighted by Crippen LogP contribution is 2.30. The van der Waals surface area contributed by atoms with Crippen molar-refractivity contribution in [2.45, 2.75) is 65.5 Å². The first-order chi connectivity index (χ1) is 10.6. The monoisotopic (exact) mass is 361 g/mol. The number of nitrogens with zero attached hydrogens (tertiary/aromatic N) is 1. The van der Waals surface area contributed by atoms with Gasteiger partial charge in [-0.2, -0.15) is 0 Å². The van der Waals surface area contributed by atoms with E-state index in [0.717, 1.165) is 16.9 Å². The predicted molar refractivity (Wildman–Crippen MR) is 75.9 cm³/mol. The van der Waals surface area contributed by atoms with E-state index in [2.05, 4.69) is 44.4 Å². The van der Waals surface area contributed by atoms with Crippen LogP contribution in [0.4, 0.5) is 0 Å². The van der Waals surface area contributed by atoms with Crippen LogP contribution in [0, 0.1) is 24.1 Å². The number of carbonyl (C=O) groups excluding carboxylic acids is 1. The fourth-order valence-corrected chi connectivity index (χ4v) is 3.60. The van der Waals surface area contributed by atoms with Gasteiger partial charge in [0.05, 0.1) is 12.8 Å². The van der Waals surface area contributed by atoms with E-state index < -0.39 is 10.2 Å². The number of hydrogen-bond donors (Lipinski definition) is 0. The number of aryl methyl sites for hydroxylation is 2. The number of Topliss-reactive ketones (excluding diaryl/α,β-unsaturated/α-hetero) is 1. The third kappa shape index (κ3) is 5.99. The van der Waals surface area contributed by atoms with Crippen molar-refractivity contribution in [3.05, 3.63) is 29.0 Å². The van der Waals surface area contributed by atoms with Crippen molar-refractivity contribution in [1.29, 1.82) is 0 Å². The Balaban J connectivity index is 0.000000505. The van der Waals surface area contributed by atoms with Crippen molar-refractivity contribution in [3.8, 4) is 0 Å².